The molecule has 2 aliphatic heterocycles. The minimum Gasteiger partial charge on any atom is -0.491 e. The summed E-state index contributed by atoms with van der Waals surface area (Å²) in [5.41, 5.74) is 3.62. The number of carbonyl (C=O) groups is 2. The Balaban J connectivity index is 0.000000880. The number of ether oxygens (including phenoxy) is 1. The van der Waals surface area contributed by atoms with Gasteiger partial charge in [-0.05, 0) is 17.7 Å². The molecule has 130 valence electrons. The third-order valence-electron chi connectivity index (χ3n) is 4.52. The van der Waals surface area contributed by atoms with Crippen LogP contribution in [0.1, 0.15) is 25.0 Å². The zero-order valence-electron chi connectivity index (χ0n) is 14.3. The van der Waals surface area contributed by atoms with Crippen molar-refractivity contribution in [2.24, 2.45) is 5.84 Å². The minimum absolute atomic E-state index is 0.115. The molecule has 6 heteroatoms. The van der Waals surface area contributed by atoms with Gasteiger partial charge in [0.1, 0.15) is 24.3 Å². The summed E-state index contributed by atoms with van der Waals surface area (Å²) < 4.78 is 5.77. The molecule has 2 amide bonds. The number of fused-ring (bicyclic) bond motifs is 4. The van der Waals surface area contributed by atoms with E-state index in [1.54, 1.807) is 0 Å². The number of anilines is 1. The van der Waals surface area contributed by atoms with E-state index in [0.717, 1.165) is 16.8 Å². The highest BCUT2D eigenvalue weighted by molar-refractivity contribution is 6.13. The number of benzene rings is 2. The Morgan fingerprint density at radius 2 is 1.80 bits per heavy atom. The number of para-hydroxylation sites is 2. The van der Waals surface area contributed by atoms with Gasteiger partial charge in [0, 0.05) is 11.3 Å². The van der Waals surface area contributed by atoms with E-state index in [4.69, 9.17) is 10.6 Å². The maximum atomic E-state index is 13.2. The van der Waals surface area contributed by atoms with Crippen LogP contribution in [0.25, 0.3) is 0 Å². The second kappa shape index (κ2) is 6.57. The van der Waals surface area contributed by atoms with Crippen LogP contribution in [0.15, 0.2) is 48.5 Å². The van der Waals surface area contributed by atoms with Gasteiger partial charge in [0.05, 0.1) is 0 Å². The molecule has 0 aromatic heterocycles. The second-order valence-corrected chi connectivity index (χ2v) is 5.67. The molecule has 0 aliphatic carbocycles. The van der Waals surface area contributed by atoms with Gasteiger partial charge in [0.25, 0.3) is 5.91 Å². The molecule has 0 fully saturated rings. The normalized spacial score (nSPS) is 19.6. The van der Waals surface area contributed by atoms with Crippen LogP contribution >= 0.6 is 0 Å². The molecule has 0 saturated heterocycles. The van der Waals surface area contributed by atoms with Crippen molar-refractivity contribution in [1.82, 2.24) is 5.43 Å². The first-order valence-electron chi connectivity index (χ1n) is 8.31. The minimum atomic E-state index is -0.887. The highest BCUT2D eigenvalue weighted by Crippen LogP contribution is 2.51. The van der Waals surface area contributed by atoms with E-state index >= 15 is 0 Å². The fourth-order valence-electron chi connectivity index (χ4n) is 3.48. The summed E-state index contributed by atoms with van der Waals surface area (Å²) in [4.78, 5) is 26.4. The van der Waals surface area contributed by atoms with Crippen molar-refractivity contribution in [2.45, 2.75) is 19.3 Å². The van der Waals surface area contributed by atoms with Gasteiger partial charge in [-0.25, -0.2) is 5.84 Å². The predicted octanol–water partition coefficient (Wildman–Crippen LogP) is 1.73. The molecule has 1 atom stereocenters. The van der Waals surface area contributed by atoms with E-state index < -0.39 is 11.3 Å². The van der Waals surface area contributed by atoms with Gasteiger partial charge in [-0.1, -0.05) is 50.2 Å². The summed E-state index contributed by atoms with van der Waals surface area (Å²) in [5.74, 6) is 5.30. The van der Waals surface area contributed by atoms with Gasteiger partial charge in [0.15, 0.2) is 0 Å². The van der Waals surface area contributed by atoms with Crippen LogP contribution in [0.4, 0.5) is 5.69 Å². The number of hydrazine groups is 1. The summed E-state index contributed by atoms with van der Waals surface area (Å²) in [6, 6.07) is 15.0. The second-order valence-electron chi connectivity index (χ2n) is 5.67. The van der Waals surface area contributed by atoms with Crippen molar-refractivity contribution in [2.75, 3.05) is 18.1 Å². The van der Waals surface area contributed by atoms with Crippen LogP contribution in [0.5, 0.6) is 5.75 Å². The molecule has 25 heavy (non-hydrogen) atoms. The number of nitrogens with one attached hydrogen (secondary N) is 1. The average Bonchev–Trinajstić information content (AvgIpc) is 3.17. The van der Waals surface area contributed by atoms with Crippen LogP contribution in [-0.2, 0) is 15.0 Å². The molecule has 3 N–H and O–H groups in total. The van der Waals surface area contributed by atoms with E-state index in [1.807, 2.05) is 62.4 Å². The molecule has 2 aromatic carbocycles. The smallest absolute Gasteiger partial charge is 0.253 e. The summed E-state index contributed by atoms with van der Waals surface area (Å²) in [5, 5.41) is 0. The van der Waals surface area contributed by atoms with Crippen LogP contribution in [0.3, 0.4) is 0 Å². The predicted molar refractivity (Wildman–Crippen MR) is 95.2 cm³/mol. The maximum Gasteiger partial charge on any atom is 0.253 e. The number of nitrogens with zero attached hydrogens (tertiary/aromatic N) is 1. The van der Waals surface area contributed by atoms with Crippen molar-refractivity contribution >= 4 is 17.5 Å². The van der Waals surface area contributed by atoms with E-state index in [0.29, 0.717) is 5.75 Å². The molecule has 6 nitrogen and oxygen atoms in total. The summed E-state index contributed by atoms with van der Waals surface area (Å²) in [6.45, 7) is 4.12. The van der Waals surface area contributed by atoms with Crippen molar-refractivity contribution in [1.29, 1.82) is 0 Å². The summed E-state index contributed by atoms with van der Waals surface area (Å²) in [6.07, 6.45) is 0. The number of hydrogen-bond donors (Lipinski definition) is 2. The fraction of sp³-hybridized carbons (Fsp3) is 0.263. The number of rotatable bonds is 2. The molecule has 0 saturated carbocycles. The average molecular weight is 339 g/mol. The molecular formula is C19H21N3O3. The summed E-state index contributed by atoms with van der Waals surface area (Å²) >= 11 is 0. The SMILES string of the molecule is CC.NNC(=O)CN1C(=O)C2(COc3ccccc32)c2ccccc21. The lowest BCUT2D eigenvalue weighted by Gasteiger charge is -2.22. The molecule has 4 rings (SSSR count). The number of amides is 2. The van der Waals surface area contributed by atoms with E-state index in [2.05, 4.69) is 5.43 Å². The largest absolute Gasteiger partial charge is 0.491 e. The van der Waals surface area contributed by atoms with Gasteiger partial charge in [-0.15, -0.1) is 0 Å². The summed E-state index contributed by atoms with van der Waals surface area (Å²) in [7, 11) is 0. The van der Waals surface area contributed by atoms with Gasteiger partial charge >= 0.3 is 0 Å². The Hall–Kier alpha value is -2.86. The Kier molecular flexibility index (Phi) is 4.46. The van der Waals surface area contributed by atoms with Crippen LogP contribution < -0.4 is 20.9 Å². The van der Waals surface area contributed by atoms with Gasteiger partial charge < -0.3 is 9.64 Å². The van der Waals surface area contributed by atoms with Gasteiger partial charge in [-0.2, -0.15) is 0 Å². The Morgan fingerprint density at radius 3 is 2.52 bits per heavy atom. The first-order chi connectivity index (χ1) is 12.2. The lowest BCUT2D eigenvalue weighted by atomic mass is 9.77. The third kappa shape index (κ3) is 2.37. The van der Waals surface area contributed by atoms with E-state index in [9.17, 15) is 9.59 Å². The first kappa shape index (κ1) is 17.0. The Bertz CT molecular complexity index is 821. The molecule has 0 bridgehead atoms. The first-order valence-corrected chi connectivity index (χ1v) is 8.31. The van der Waals surface area contributed by atoms with Crippen molar-refractivity contribution < 1.29 is 14.3 Å². The Morgan fingerprint density at radius 1 is 1.16 bits per heavy atom. The van der Waals surface area contributed by atoms with Crippen LogP contribution in [0, 0.1) is 0 Å². The standard InChI is InChI=1S/C17H15N3O3.C2H6/c18-19-15(21)9-20-13-7-3-1-5-11(13)17(16(20)22)10-23-14-8-4-2-6-12(14)17;1-2/h1-8H,9-10,18H2,(H,19,21);1-2H3. The highest BCUT2D eigenvalue weighted by atomic mass is 16.5. The van der Waals surface area contributed by atoms with Gasteiger partial charge in [0.2, 0.25) is 5.91 Å². The number of nitrogens with two attached hydrogens (primary N) is 1. The molecular weight excluding hydrogens is 318 g/mol. The van der Waals surface area contributed by atoms with Crippen molar-refractivity contribution in [3.05, 3.63) is 59.7 Å². The number of carbonyl (C=O) groups excluding carboxylic acids is 2. The third-order valence-corrected chi connectivity index (χ3v) is 4.52. The zero-order chi connectivity index (χ0) is 18.0. The molecule has 2 aliphatic rings. The fourth-order valence-corrected chi connectivity index (χ4v) is 3.48. The van der Waals surface area contributed by atoms with Crippen molar-refractivity contribution in [3.63, 3.8) is 0 Å². The molecule has 2 heterocycles. The molecule has 1 unspecified atom stereocenters. The Labute approximate surface area is 146 Å². The highest BCUT2D eigenvalue weighted by Gasteiger charge is 2.56. The maximum absolute atomic E-state index is 13.2. The monoisotopic (exact) mass is 339 g/mol. The lowest BCUT2D eigenvalue weighted by Crippen LogP contribution is -2.47. The van der Waals surface area contributed by atoms with Gasteiger partial charge in [-0.3, -0.25) is 15.0 Å². The van der Waals surface area contributed by atoms with Crippen LogP contribution in [-0.4, -0.2) is 25.0 Å². The zero-order valence-corrected chi connectivity index (χ0v) is 14.3. The van der Waals surface area contributed by atoms with E-state index in [-0.39, 0.29) is 19.1 Å². The molecule has 1 spiro atoms. The number of hydrogen-bond acceptors (Lipinski definition) is 4. The van der Waals surface area contributed by atoms with Crippen molar-refractivity contribution in [3.8, 4) is 5.75 Å². The van der Waals surface area contributed by atoms with Crippen LogP contribution in [0.2, 0.25) is 0 Å². The molecule has 0 radical (unpaired) electrons. The van der Waals surface area contributed by atoms with E-state index in [1.165, 1.54) is 4.90 Å². The lowest BCUT2D eigenvalue weighted by molar-refractivity contribution is -0.125. The molecule has 2 aromatic rings. The quantitative estimate of drug-likeness (QED) is 0.496. The topological polar surface area (TPSA) is 84.7 Å².